The Bertz CT molecular complexity index is 955. The number of hydrogen-bond donors (Lipinski definition) is 0. The zero-order chi connectivity index (χ0) is 18.7. The molecule has 0 fully saturated rings. The number of para-hydroxylation sites is 1. The number of nitrogens with zero attached hydrogens (tertiary/aromatic N) is 4. The van der Waals surface area contributed by atoms with Gasteiger partial charge in [-0.2, -0.15) is 0 Å². The van der Waals surface area contributed by atoms with Gasteiger partial charge in [0, 0.05) is 23.5 Å². The minimum atomic E-state index is 0.0951. The Morgan fingerprint density at radius 3 is 2.77 bits per heavy atom. The molecule has 6 heteroatoms. The maximum atomic E-state index is 12.7. The van der Waals surface area contributed by atoms with Gasteiger partial charge in [-0.05, 0) is 38.5 Å². The van der Waals surface area contributed by atoms with Crippen molar-refractivity contribution in [1.29, 1.82) is 0 Å². The van der Waals surface area contributed by atoms with Crippen LogP contribution < -0.4 is 0 Å². The third-order valence-electron chi connectivity index (χ3n) is 4.41. The monoisotopic (exact) mass is 366 g/mol. The van der Waals surface area contributed by atoms with Gasteiger partial charge in [-0.25, -0.2) is 0 Å². The molecule has 3 rings (SSSR count). The zero-order valence-corrected chi connectivity index (χ0v) is 16.1. The molecule has 2 aromatic heterocycles. The summed E-state index contributed by atoms with van der Waals surface area (Å²) < 4.78 is 4.02. The van der Waals surface area contributed by atoms with Gasteiger partial charge in [0.25, 0.3) is 0 Å². The summed E-state index contributed by atoms with van der Waals surface area (Å²) in [5.41, 5.74) is 4.97. The van der Waals surface area contributed by atoms with Gasteiger partial charge < -0.3 is 4.57 Å². The lowest BCUT2D eigenvalue weighted by atomic mass is 10.2. The molecule has 0 spiro atoms. The molecule has 0 bridgehead atoms. The maximum absolute atomic E-state index is 12.7. The van der Waals surface area contributed by atoms with Gasteiger partial charge in [-0.15, -0.1) is 16.8 Å². The fraction of sp³-hybridized carbons (Fsp3) is 0.250. The molecule has 0 saturated carbocycles. The summed E-state index contributed by atoms with van der Waals surface area (Å²) >= 11 is 1.41. The first-order valence-electron chi connectivity index (χ1n) is 8.42. The molecule has 2 heterocycles. The molecule has 0 saturated heterocycles. The second-order valence-corrected chi connectivity index (χ2v) is 7.11. The first-order chi connectivity index (χ1) is 12.5. The Morgan fingerprint density at radius 1 is 1.27 bits per heavy atom. The molecule has 3 aromatic rings. The number of carbonyl (C=O) groups excluding carboxylic acids is 1. The Balaban J connectivity index is 1.78. The molecule has 1 aromatic carbocycles. The Kier molecular flexibility index (Phi) is 5.42. The largest absolute Gasteiger partial charge is 0.345 e. The quantitative estimate of drug-likeness (QED) is 0.358. The second kappa shape index (κ2) is 7.74. The van der Waals surface area contributed by atoms with E-state index in [9.17, 15) is 4.79 Å². The fourth-order valence-electron chi connectivity index (χ4n) is 3.02. The van der Waals surface area contributed by atoms with Crippen molar-refractivity contribution >= 4 is 17.5 Å². The van der Waals surface area contributed by atoms with Crippen molar-refractivity contribution in [2.75, 3.05) is 5.75 Å². The molecule has 0 amide bonds. The second-order valence-electron chi connectivity index (χ2n) is 6.17. The predicted molar refractivity (Wildman–Crippen MR) is 105 cm³/mol. The Morgan fingerprint density at radius 2 is 2.04 bits per heavy atom. The highest BCUT2D eigenvalue weighted by Gasteiger charge is 2.17. The van der Waals surface area contributed by atoms with E-state index >= 15 is 0 Å². The first kappa shape index (κ1) is 18.2. The van der Waals surface area contributed by atoms with Crippen molar-refractivity contribution in [3.05, 3.63) is 71.8 Å². The van der Waals surface area contributed by atoms with E-state index in [-0.39, 0.29) is 5.78 Å². The molecular weight excluding hydrogens is 344 g/mol. The summed E-state index contributed by atoms with van der Waals surface area (Å²) in [5.74, 6) is 0.418. The number of carbonyl (C=O) groups is 1. The molecule has 0 radical (unpaired) electrons. The Labute approximate surface area is 157 Å². The number of benzene rings is 1. The first-order valence-corrected chi connectivity index (χ1v) is 9.41. The molecule has 26 heavy (non-hydrogen) atoms. The molecule has 0 unspecified atom stereocenters. The summed E-state index contributed by atoms with van der Waals surface area (Å²) in [4.78, 5) is 12.7. The number of allylic oxidation sites excluding steroid dienone is 1. The van der Waals surface area contributed by atoms with Crippen LogP contribution in [0.15, 0.2) is 54.5 Å². The van der Waals surface area contributed by atoms with Gasteiger partial charge in [0.05, 0.1) is 11.4 Å². The van der Waals surface area contributed by atoms with E-state index in [1.165, 1.54) is 11.8 Å². The highest BCUT2D eigenvalue weighted by molar-refractivity contribution is 7.99. The molecule has 0 N–H and O–H groups in total. The SMILES string of the molecule is C=CCn1c(C)cc(C(=O)CSc2nncn2-c2ccccc2C)c1C. The summed E-state index contributed by atoms with van der Waals surface area (Å²) in [6.07, 6.45) is 3.53. The average Bonchev–Trinajstić information content (AvgIpc) is 3.20. The van der Waals surface area contributed by atoms with Crippen LogP contribution in [0.5, 0.6) is 0 Å². The van der Waals surface area contributed by atoms with Crippen LogP contribution in [-0.4, -0.2) is 30.9 Å². The lowest BCUT2D eigenvalue weighted by Crippen LogP contribution is -2.07. The fourth-order valence-corrected chi connectivity index (χ4v) is 3.83. The van der Waals surface area contributed by atoms with Crippen molar-refractivity contribution in [2.24, 2.45) is 0 Å². The highest BCUT2D eigenvalue weighted by Crippen LogP contribution is 2.24. The highest BCUT2D eigenvalue weighted by atomic mass is 32.2. The minimum Gasteiger partial charge on any atom is -0.345 e. The molecule has 0 aliphatic heterocycles. The van der Waals surface area contributed by atoms with E-state index in [0.717, 1.165) is 28.2 Å². The lowest BCUT2D eigenvalue weighted by Gasteiger charge is -2.09. The molecular formula is C20H22N4OS. The molecule has 0 aliphatic carbocycles. The molecule has 0 aliphatic rings. The standard InChI is InChI=1S/C20H22N4OS/c1-5-10-23-15(3)11-17(16(23)4)19(25)12-26-20-22-21-13-24(20)18-9-7-6-8-14(18)2/h5-9,11,13H,1,10,12H2,2-4H3. The third-order valence-corrected chi connectivity index (χ3v) is 5.35. The normalized spacial score (nSPS) is 10.9. The minimum absolute atomic E-state index is 0.0951. The van der Waals surface area contributed by atoms with Gasteiger partial charge in [-0.1, -0.05) is 36.0 Å². The number of hydrogen-bond acceptors (Lipinski definition) is 4. The Hall–Kier alpha value is -2.60. The van der Waals surface area contributed by atoms with Crippen LogP contribution in [0.1, 0.15) is 27.3 Å². The lowest BCUT2D eigenvalue weighted by molar-refractivity contribution is 0.102. The number of ketones is 1. The van der Waals surface area contributed by atoms with Crippen LogP contribution in [-0.2, 0) is 6.54 Å². The maximum Gasteiger partial charge on any atom is 0.196 e. The summed E-state index contributed by atoms with van der Waals surface area (Å²) in [5, 5.41) is 8.91. The van der Waals surface area contributed by atoms with E-state index in [1.807, 2.05) is 61.7 Å². The van der Waals surface area contributed by atoms with Gasteiger partial charge in [0.2, 0.25) is 0 Å². The number of rotatable bonds is 7. The number of Topliss-reactive ketones (excluding diaryl/α,β-unsaturated/α-hetero) is 1. The van der Waals surface area contributed by atoms with E-state index in [0.29, 0.717) is 17.5 Å². The number of aromatic nitrogens is 4. The van der Waals surface area contributed by atoms with Crippen molar-refractivity contribution in [1.82, 2.24) is 19.3 Å². The van der Waals surface area contributed by atoms with Crippen LogP contribution >= 0.6 is 11.8 Å². The number of aryl methyl sites for hydroxylation is 2. The van der Waals surface area contributed by atoms with E-state index in [2.05, 4.69) is 21.3 Å². The predicted octanol–water partition coefficient (Wildman–Crippen LogP) is 4.16. The van der Waals surface area contributed by atoms with Crippen LogP contribution in [0.4, 0.5) is 0 Å². The van der Waals surface area contributed by atoms with Gasteiger partial charge in [-0.3, -0.25) is 9.36 Å². The smallest absolute Gasteiger partial charge is 0.196 e. The zero-order valence-electron chi connectivity index (χ0n) is 15.3. The summed E-state index contributed by atoms with van der Waals surface area (Å²) in [6, 6.07) is 10.00. The molecule has 0 atom stereocenters. The summed E-state index contributed by atoms with van der Waals surface area (Å²) in [6.45, 7) is 10.5. The van der Waals surface area contributed by atoms with Crippen LogP contribution in [0, 0.1) is 20.8 Å². The van der Waals surface area contributed by atoms with Gasteiger partial charge in [0.1, 0.15) is 6.33 Å². The van der Waals surface area contributed by atoms with Crippen molar-refractivity contribution in [3.8, 4) is 5.69 Å². The van der Waals surface area contributed by atoms with Crippen LogP contribution in [0.3, 0.4) is 0 Å². The van der Waals surface area contributed by atoms with E-state index in [1.54, 1.807) is 6.33 Å². The van der Waals surface area contributed by atoms with Gasteiger partial charge >= 0.3 is 0 Å². The van der Waals surface area contributed by atoms with Crippen LogP contribution in [0.25, 0.3) is 5.69 Å². The average molecular weight is 366 g/mol. The van der Waals surface area contributed by atoms with E-state index in [4.69, 9.17) is 0 Å². The topological polar surface area (TPSA) is 52.7 Å². The summed E-state index contributed by atoms with van der Waals surface area (Å²) in [7, 11) is 0. The number of thioether (sulfide) groups is 1. The third kappa shape index (κ3) is 3.51. The van der Waals surface area contributed by atoms with Crippen molar-refractivity contribution in [2.45, 2.75) is 32.5 Å². The molecule has 5 nitrogen and oxygen atoms in total. The van der Waals surface area contributed by atoms with Crippen molar-refractivity contribution < 1.29 is 4.79 Å². The van der Waals surface area contributed by atoms with E-state index < -0.39 is 0 Å². The molecule has 134 valence electrons. The van der Waals surface area contributed by atoms with Gasteiger partial charge in [0.15, 0.2) is 10.9 Å². The van der Waals surface area contributed by atoms with Crippen LogP contribution in [0.2, 0.25) is 0 Å². The van der Waals surface area contributed by atoms with Crippen molar-refractivity contribution in [3.63, 3.8) is 0 Å².